The number of aryl methyl sites for hydroxylation is 2. The van der Waals surface area contributed by atoms with Gasteiger partial charge in [-0.3, -0.25) is 4.98 Å². The van der Waals surface area contributed by atoms with E-state index in [4.69, 9.17) is 12.2 Å². The van der Waals surface area contributed by atoms with Crippen LogP contribution in [-0.4, -0.2) is 10.1 Å². The first-order chi connectivity index (χ1) is 9.13. The monoisotopic (exact) mass is 271 g/mol. The maximum Gasteiger partial charge on any atom is 0.171 e. The standard InChI is InChI=1S/C15H17N3S/c1-11-7-12(2)9-14(8-11)18-15(19)17-10-13-5-3-4-6-16-13/h3-9H,10H2,1-2H3,(H2,17,18,19). The van der Waals surface area contributed by atoms with Crippen molar-refractivity contribution in [3.05, 3.63) is 59.4 Å². The van der Waals surface area contributed by atoms with E-state index in [-0.39, 0.29) is 0 Å². The molecule has 0 radical (unpaired) electrons. The Morgan fingerprint density at radius 3 is 2.53 bits per heavy atom. The first-order valence-electron chi connectivity index (χ1n) is 6.16. The number of hydrogen-bond donors (Lipinski definition) is 2. The second-order valence-corrected chi connectivity index (χ2v) is 4.91. The summed E-state index contributed by atoms with van der Waals surface area (Å²) < 4.78 is 0. The van der Waals surface area contributed by atoms with Gasteiger partial charge in [-0.05, 0) is 61.5 Å². The molecule has 0 aliphatic heterocycles. The van der Waals surface area contributed by atoms with Gasteiger partial charge in [0.05, 0.1) is 12.2 Å². The SMILES string of the molecule is Cc1cc(C)cc(NC(=S)NCc2ccccn2)c1. The number of benzene rings is 1. The minimum atomic E-state index is 0.607. The Bertz CT molecular complexity index is 547. The predicted molar refractivity (Wildman–Crippen MR) is 83.2 cm³/mol. The average Bonchev–Trinajstić information content (AvgIpc) is 2.36. The third-order valence-electron chi connectivity index (χ3n) is 2.64. The largest absolute Gasteiger partial charge is 0.357 e. The fourth-order valence-electron chi connectivity index (χ4n) is 1.90. The molecule has 1 aromatic heterocycles. The van der Waals surface area contributed by atoms with E-state index in [1.165, 1.54) is 11.1 Å². The maximum atomic E-state index is 5.27. The smallest absolute Gasteiger partial charge is 0.171 e. The summed E-state index contributed by atoms with van der Waals surface area (Å²) in [6.07, 6.45) is 1.78. The molecular formula is C15H17N3S. The zero-order valence-electron chi connectivity index (χ0n) is 11.1. The molecule has 0 saturated carbocycles. The van der Waals surface area contributed by atoms with Crippen LogP contribution >= 0.6 is 12.2 Å². The first kappa shape index (κ1) is 13.5. The van der Waals surface area contributed by atoms with Gasteiger partial charge in [-0.15, -0.1) is 0 Å². The molecule has 0 saturated heterocycles. The van der Waals surface area contributed by atoms with Gasteiger partial charge in [-0.2, -0.15) is 0 Å². The topological polar surface area (TPSA) is 37.0 Å². The molecule has 2 N–H and O–H groups in total. The van der Waals surface area contributed by atoms with Crippen LogP contribution in [0.4, 0.5) is 5.69 Å². The van der Waals surface area contributed by atoms with Gasteiger partial charge < -0.3 is 10.6 Å². The van der Waals surface area contributed by atoms with Crippen LogP contribution in [0.5, 0.6) is 0 Å². The van der Waals surface area contributed by atoms with Gasteiger partial charge in [0, 0.05) is 11.9 Å². The van der Waals surface area contributed by atoms with E-state index >= 15 is 0 Å². The summed E-state index contributed by atoms with van der Waals surface area (Å²) in [5.74, 6) is 0. The third kappa shape index (κ3) is 4.34. The van der Waals surface area contributed by atoms with Gasteiger partial charge in [0.15, 0.2) is 5.11 Å². The number of aromatic nitrogens is 1. The third-order valence-corrected chi connectivity index (χ3v) is 2.88. The van der Waals surface area contributed by atoms with Gasteiger partial charge in [0.1, 0.15) is 0 Å². The molecule has 0 aliphatic rings. The second kappa shape index (κ2) is 6.29. The first-order valence-corrected chi connectivity index (χ1v) is 6.57. The van der Waals surface area contributed by atoms with Crippen LogP contribution in [-0.2, 0) is 6.54 Å². The van der Waals surface area contributed by atoms with Crippen LogP contribution in [0.2, 0.25) is 0 Å². The molecule has 0 fully saturated rings. The van der Waals surface area contributed by atoms with Gasteiger partial charge >= 0.3 is 0 Å². The van der Waals surface area contributed by atoms with Crippen LogP contribution < -0.4 is 10.6 Å². The van der Waals surface area contributed by atoms with E-state index in [1.807, 2.05) is 18.2 Å². The van der Waals surface area contributed by atoms with E-state index in [9.17, 15) is 0 Å². The minimum absolute atomic E-state index is 0.607. The molecule has 19 heavy (non-hydrogen) atoms. The van der Waals surface area contributed by atoms with Crippen molar-refractivity contribution in [2.75, 3.05) is 5.32 Å². The summed E-state index contributed by atoms with van der Waals surface area (Å²) in [5.41, 5.74) is 4.41. The Hall–Kier alpha value is -1.94. The summed E-state index contributed by atoms with van der Waals surface area (Å²) in [4.78, 5) is 4.24. The Labute approximate surface area is 119 Å². The van der Waals surface area contributed by atoms with Gasteiger partial charge in [0.2, 0.25) is 0 Å². The molecule has 1 heterocycles. The van der Waals surface area contributed by atoms with Crippen molar-refractivity contribution < 1.29 is 0 Å². The zero-order chi connectivity index (χ0) is 13.7. The zero-order valence-corrected chi connectivity index (χ0v) is 11.9. The van der Waals surface area contributed by atoms with Crippen molar-refractivity contribution in [3.8, 4) is 0 Å². The Kier molecular flexibility index (Phi) is 4.47. The lowest BCUT2D eigenvalue weighted by molar-refractivity contribution is 0.882. The van der Waals surface area contributed by atoms with Crippen molar-refractivity contribution in [1.29, 1.82) is 0 Å². The molecule has 0 atom stereocenters. The maximum absolute atomic E-state index is 5.27. The highest BCUT2D eigenvalue weighted by atomic mass is 32.1. The van der Waals surface area contributed by atoms with Gasteiger partial charge in [-0.1, -0.05) is 12.1 Å². The quantitative estimate of drug-likeness (QED) is 0.841. The van der Waals surface area contributed by atoms with Crippen molar-refractivity contribution in [1.82, 2.24) is 10.3 Å². The number of pyridine rings is 1. The van der Waals surface area contributed by atoms with Crippen molar-refractivity contribution in [2.45, 2.75) is 20.4 Å². The summed E-state index contributed by atoms with van der Waals surface area (Å²) >= 11 is 5.27. The Morgan fingerprint density at radius 1 is 1.16 bits per heavy atom. The lowest BCUT2D eigenvalue weighted by atomic mass is 10.1. The van der Waals surface area contributed by atoms with Crippen molar-refractivity contribution >= 4 is 23.0 Å². The average molecular weight is 271 g/mol. The highest BCUT2D eigenvalue weighted by Crippen LogP contribution is 2.13. The van der Waals surface area contributed by atoms with Crippen LogP contribution in [0.1, 0.15) is 16.8 Å². The van der Waals surface area contributed by atoms with Gasteiger partial charge in [-0.25, -0.2) is 0 Å². The molecule has 0 bridgehead atoms. The van der Waals surface area contributed by atoms with E-state index in [2.05, 4.69) is 47.7 Å². The van der Waals surface area contributed by atoms with Crippen LogP contribution in [0, 0.1) is 13.8 Å². The highest BCUT2D eigenvalue weighted by Gasteiger charge is 2.00. The van der Waals surface area contributed by atoms with Crippen molar-refractivity contribution in [3.63, 3.8) is 0 Å². The molecule has 0 amide bonds. The van der Waals surface area contributed by atoms with Crippen LogP contribution in [0.15, 0.2) is 42.6 Å². The molecule has 1 aromatic carbocycles. The van der Waals surface area contributed by atoms with Crippen molar-refractivity contribution in [2.24, 2.45) is 0 Å². The predicted octanol–water partition coefficient (Wildman–Crippen LogP) is 3.19. The fourth-order valence-corrected chi connectivity index (χ4v) is 2.09. The van der Waals surface area contributed by atoms with Crippen LogP contribution in [0.25, 0.3) is 0 Å². The normalized spacial score (nSPS) is 10.0. The number of nitrogens with zero attached hydrogens (tertiary/aromatic N) is 1. The number of anilines is 1. The molecule has 98 valence electrons. The number of thiocarbonyl (C=S) groups is 1. The second-order valence-electron chi connectivity index (χ2n) is 4.51. The highest BCUT2D eigenvalue weighted by molar-refractivity contribution is 7.80. The van der Waals surface area contributed by atoms with E-state index < -0.39 is 0 Å². The van der Waals surface area contributed by atoms with E-state index in [1.54, 1.807) is 6.20 Å². The molecule has 3 nitrogen and oxygen atoms in total. The van der Waals surface area contributed by atoms with E-state index in [0.29, 0.717) is 11.7 Å². The molecule has 0 spiro atoms. The molecule has 0 aliphatic carbocycles. The summed E-state index contributed by atoms with van der Waals surface area (Å²) in [6, 6.07) is 12.1. The summed E-state index contributed by atoms with van der Waals surface area (Å²) in [7, 11) is 0. The Balaban J connectivity index is 1.91. The summed E-state index contributed by atoms with van der Waals surface area (Å²) in [5, 5.41) is 6.94. The fraction of sp³-hybridized carbons (Fsp3) is 0.200. The molecular weight excluding hydrogens is 254 g/mol. The number of nitrogens with one attached hydrogen (secondary N) is 2. The molecule has 0 unspecified atom stereocenters. The minimum Gasteiger partial charge on any atom is -0.357 e. The number of rotatable bonds is 3. The summed E-state index contributed by atoms with van der Waals surface area (Å²) in [6.45, 7) is 4.77. The molecule has 2 aromatic rings. The molecule has 4 heteroatoms. The van der Waals surface area contributed by atoms with E-state index in [0.717, 1.165) is 11.4 Å². The Morgan fingerprint density at radius 2 is 1.89 bits per heavy atom. The lowest BCUT2D eigenvalue weighted by Gasteiger charge is -2.11. The van der Waals surface area contributed by atoms with Gasteiger partial charge in [0.25, 0.3) is 0 Å². The number of hydrogen-bond acceptors (Lipinski definition) is 2. The molecule has 2 rings (SSSR count). The van der Waals surface area contributed by atoms with Crippen LogP contribution in [0.3, 0.4) is 0 Å². The lowest BCUT2D eigenvalue weighted by Crippen LogP contribution is -2.28.